The van der Waals surface area contributed by atoms with Gasteiger partial charge >= 0.3 is 0 Å². The van der Waals surface area contributed by atoms with E-state index < -0.39 is 0 Å². The van der Waals surface area contributed by atoms with E-state index in [1.54, 1.807) is 0 Å². The summed E-state index contributed by atoms with van der Waals surface area (Å²) in [6.07, 6.45) is 0.250. The number of rotatable bonds is 6. The van der Waals surface area contributed by atoms with Crippen LogP contribution in [0, 0.1) is 5.92 Å². The van der Waals surface area contributed by atoms with Crippen molar-refractivity contribution in [3.8, 4) is 11.1 Å². The van der Waals surface area contributed by atoms with E-state index in [9.17, 15) is 0 Å². The third kappa shape index (κ3) is 3.32. The van der Waals surface area contributed by atoms with Crippen LogP contribution in [-0.4, -0.2) is 30.8 Å². The first-order valence-corrected chi connectivity index (χ1v) is 8.35. The molecule has 2 unspecified atom stereocenters. The molecule has 0 bridgehead atoms. The van der Waals surface area contributed by atoms with Crippen LogP contribution < -0.4 is 5.73 Å². The lowest BCUT2D eigenvalue weighted by atomic mass is 9.96. The monoisotopic (exact) mass is 310 g/mol. The summed E-state index contributed by atoms with van der Waals surface area (Å²) in [5, 5.41) is 0. The fraction of sp³-hybridized carbons (Fsp3) is 0.400. The summed E-state index contributed by atoms with van der Waals surface area (Å²) < 4.78 is 6.03. The van der Waals surface area contributed by atoms with Crippen molar-refractivity contribution in [2.45, 2.75) is 32.2 Å². The Kier molecular flexibility index (Phi) is 4.81. The van der Waals surface area contributed by atoms with Gasteiger partial charge in [-0.2, -0.15) is 0 Å². The molecule has 1 aliphatic heterocycles. The topological polar surface area (TPSA) is 41.8 Å². The van der Waals surface area contributed by atoms with E-state index in [2.05, 4.69) is 74.3 Å². The van der Waals surface area contributed by atoms with Crippen molar-refractivity contribution in [3.63, 3.8) is 0 Å². The second kappa shape index (κ2) is 6.83. The molecule has 2 N–H and O–H groups in total. The van der Waals surface area contributed by atoms with Crippen molar-refractivity contribution in [1.82, 2.24) is 4.90 Å². The zero-order valence-electron chi connectivity index (χ0n) is 14.1. The molecule has 0 amide bonds. The van der Waals surface area contributed by atoms with E-state index >= 15 is 0 Å². The summed E-state index contributed by atoms with van der Waals surface area (Å²) in [5.41, 5.74) is 9.70. The molecule has 0 spiro atoms. The number of nitrogens with zero attached hydrogens (tertiary/aromatic N) is 1. The maximum absolute atomic E-state index is 6.03. The first-order chi connectivity index (χ1) is 11.1. The Bertz CT molecular complexity index is 641. The highest BCUT2D eigenvalue weighted by atomic mass is 16.6. The molecule has 1 saturated heterocycles. The van der Waals surface area contributed by atoms with E-state index in [-0.39, 0.29) is 12.3 Å². The summed E-state index contributed by atoms with van der Waals surface area (Å²) in [6, 6.07) is 19.4. The number of epoxide rings is 1. The predicted molar refractivity (Wildman–Crippen MR) is 94.9 cm³/mol. The Hall–Kier alpha value is -1.68. The molecule has 0 radical (unpaired) electrons. The van der Waals surface area contributed by atoms with Gasteiger partial charge in [0, 0.05) is 12.6 Å². The van der Waals surface area contributed by atoms with Gasteiger partial charge in [0.15, 0.2) is 0 Å². The highest BCUT2D eigenvalue weighted by molar-refractivity contribution is 5.68. The van der Waals surface area contributed by atoms with Crippen molar-refractivity contribution in [2.24, 2.45) is 11.7 Å². The minimum atomic E-state index is 0.121. The van der Waals surface area contributed by atoms with Crippen LogP contribution >= 0.6 is 0 Å². The van der Waals surface area contributed by atoms with Crippen molar-refractivity contribution < 1.29 is 4.74 Å². The van der Waals surface area contributed by atoms with Gasteiger partial charge < -0.3 is 10.5 Å². The maximum atomic E-state index is 6.03. The lowest BCUT2D eigenvalue weighted by Gasteiger charge is -2.28. The number of likely N-dealkylation sites (N-methyl/N-ethyl adjacent to an activating group) is 1. The third-order valence-corrected chi connectivity index (χ3v) is 4.76. The van der Waals surface area contributed by atoms with E-state index in [4.69, 9.17) is 10.5 Å². The first-order valence-electron chi connectivity index (χ1n) is 8.35. The van der Waals surface area contributed by atoms with Crippen LogP contribution in [0.15, 0.2) is 54.6 Å². The summed E-state index contributed by atoms with van der Waals surface area (Å²) in [7, 11) is 2.12. The lowest BCUT2D eigenvalue weighted by molar-refractivity contribution is 0.129. The van der Waals surface area contributed by atoms with Crippen LogP contribution in [0.5, 0.6) is 0 Å². The van der Waals surface area contributed by atoms with Crippen LogP contribution in [0.1, 0.15) is 25.5 Å². The molecular weight excluding hydrogens is 284 g/mol. The number of benzene rings is 2. The summed E-state index contributed by atoms with van der Waals surface area (Å²) in [6.45, 7) is 5.08. The molecule has 2 aromatic carbocycles. The predicted octanol–water partition coefficient (Wildman–Crippen LogP) is 3.67. The van der Waals surface area contributed by atoms with Crippen LogP contribution in [0.4, 0.5) is 0 Å². The molecule has 1 heterocycles. The highest BCUT2D eigenvalue weighted by Gasteiger charge is 2.46. The Morgan fingerprint density at radius 3 is 2.35 bits per heavy atom. The zero-order chi connectivity index (χ0) is 16.4. The van der Waals surface area contributed by atoms with Crippen molar-refractivity contribution in [3.05, 3.63) is 60.2 Å². The van der Waals surface area contributed by atoms with Gasteiger partial charge in [0.25, 0.3) is 0 Å². The molecule has 2 aromatic rings. The molecule has 0 aromatic heterocycles. The molecule has 3 nitrogen and oxygen atoms in total. The van der Waals surface area contributed by atoms with Gasteiger partial charge in [-0.05, 0) is 29.7 Å². The van der Waals surface area contributed by atoms with Crippen LogP contribution in [-0.2, 0) is 4.74 Å². The van der Waals surface area contributed by atoms with E-state index in [0.29, 0.717) is 18.5 Å². The summed E-state index contributed by atoms with van der Waals surface area (Å²) >= 11 is 0. The fourth-order valence-electron chi connectivity index (χ4n) is 3.36. The average molecular weight is 310 g/mol. The second-order valence-corrected chi connectivity index (χ2v) is 6.61. The number of ether oxygens (including phenoxy) is 1. The highest BCUT2D eigenvalue weighted by Crippen LogP contribution is 2.45. The SMILES string of the molecule is CC(C)[C@@H](CN)N(C)C1OC1c1ccccc1-c1ccccc1. The Morgan fingerprint density at radius 1 is 1.04 bits per heavy atom. The van der Waals surface area contributed by atoms with Crippen LogP contribution in [0.2, 0.25) is 0 Å². The molecule has 0 saturated carbocycles. The Labute approximate surface area is 139 Å². The Morgan fingerprint density at radius 2 is 1.70 bits per heavy atom. The minimum absolute atomic E-state index is 0.121. The largest absolute Gasteiger partial charge is 0.348 e. The quantitative estimate of drug-likeness (QED) is 0.828. The molecule has 3 atom stereocenters. The van der Waals surface area contributed by atoms with Crippen molar-refractivity contribution >= 4 is 0 Å². The van der Waals surface area contributed by atoms with E-state index in [1.165, 1.54) is 16.7 Å². The van der Waals surface area contributed by atoms with E-state index in [0.717, 1.165) is 0 Å². The summed E-state index contributed by atoms with van der Waals surface area (Å²) in [5.74, 6) is 0.513. The number of hydrogen-bond acceptors (Lipinski definition) is 3. The molecular formula is C20H26N2O. The van der Waals surface area contributed by atoms with Crippen LogP contribution in [0.3, 0.4) is 0 Å². The van der Waals surface area contributed by atoms with Crippen molar-refractivity contribution in [1.29, 1.82) is 0 Å². The molecule has 23 heavy (non-hydrogen) atoms. The van der Waals surface area contributed by atoms with Crippen LogP contribution in [0.25, 0.3) is 11.1 Å². The van der Waals surface area contributed by atoms with E-state index in [1.807, 2.05) is 6.07 Å². The maximum Gasteiger partial charge on any atom is 0.142 e. The van der Waals surface area contributed by atoms with Gasteiger partial charge in [-0.3, -0.25) is 4.90 Å². The average Bonchev–Trinajstić information content (AvgIpc) is 3.36. The molecule has 3 heteroatoms. The standard InChI is InChI=1S/C20H26N2O/c1-14(2)18(13-21)22(3)20-19(23-20)17-12-8-7-11-16(17)15-9-5-4-6-10-15/h4-12,14,18-20H,13,21H2,1-3H3/t18-,19?,20?/m1/s1. The first kappa shape index (κ1) is 16.2. The molecule has 122 valence electrons. The van der Waals surface area contributed by atoms with Crippen molar-refractivity contribution in [2.75, 3.05) is 13.6 Å². The van der Waals surface area contributed by atoms with Gasteiger partial charge in [-0.1, -0.05) is 68.4 Å². The molecule has 1 fully saturated rings. The van der Waals surface area contributed by atoms with Gasteiger partial charge in [-0.25, -0.2) is 0 Å². The van der Waals surface area contributed by atoms with Gasteiger partial charge in [0.1, 0.15) is 12.3 Å². The Balaban J connectivity index is 1.83. The molecule has 1 aliphatic rings. The normalized spacial score (nSPS) is 21.7. The van der Waals surface area contributed by atoms with Gasteiger partial charge in [0.05, 0.1) is 0 Å². The number of hydrogen-bond donors (Lipinski definition) is 1. The lowest BCUT2D eigenvalue weighted by Crippen LogP contribution is -2.43. The zero-order valence-corrected chi connectivity index (χ0v) is 14.1. The summed E-state index contributed by atoms with van der Waals surface area (Å²) in [4.78, 5) is 2.29. The minimum Gasteiger partial charge on any atom is -0.348 e. The van der Waals surface area contributed by atoms with Gasteiger partial charge in [0.2, 0.25) is 0 Å². The smallest absolute Gasteiger partial charge is 0.142 e. The molecule has 3 rings (SSSR count). The fourth-order valence-corrected chi connectivity index (χ4v) is 3.36. The van der Waals surface area contributed by atoms with Gasteiger partial charge in [-0.15, -0.1) is 0 Å². The second-order valence-electron chi connectivity index (χ2n) is 6.61. The third-order valence-electron chi connectivity index (χ3n) is 4.76. The molecule has 0 aliphatic carbocycles. The number of nitrogens with two attached hydrogens (primary N) is 1.